The number of carbonyl (C=O) groups excluding carboxylic acids is 2. The number of likely N-dealkylation sites (tertiary alicyclic amines) is 1. The first kappa shape index (κ1) is 21.0. The van der Waals surface area contributed by atoms with Crippen molar-refractivity contribution in [2.75, 3.05) is 26.2 Å². The number of rotatable bonds is 8. The molecule has 1 aliphatic rings. The molecule has 140 valence electrons. The number of hydrogen-bond acceptors (Lipinski definition) is 2. The Morgan fingerprint density at radius 1 is 0.917 bits per heavy atom. The zero-order valence-electron chi connectivity index (χ0n) is 16.7. The van der Waals surface area contributed by atoms with E-state index in [4.69, 9.17) is 0 Å². The summed E-state index contributed by atoms with van der Waals surface area (Å²) in [5.41, 5.74) is 0. The van der Waals surface area contributed by atoms with Crippen LogP contribution in [0.4, 0.5) is 0 Å². The zero-order chi connectivity index (χ0) is 18.3. The van der Waals surface area contributed by atoms with Crippen molar-refractivity contribution in [3.05, 3.63) is 0 Å². The van der Waals surface area contributed by atoms with Crippen LogP contribution in [0.5, 0.6) is 0 Å². The lowest BCUT2D eigenvalue weighted by molar-refractivity contribution is -0.142. The Hall–Kier alpha value is -1.06. The molecule has 1 heterocycles. The van der Waals surface area contributed by atoms with Gasteiger partial charge in [0.05, 0.1) is 0 Å². The van der Waals surface area contributed by atoms with Gasteiger partial charge >= 0.3 is 0 Å². The van der Waals surface area contributed by atoms with E-state index in [9.17, 15) is 9.59 Å². The fourth-order valence-electron chi connectivity index (χ4n) is 3.13. The van der Waals surface area contributed by atoms with Crippen LogP contribution < -0.4 is 0 Å². The Balaban J connectivity index is 2.58. The van der Waals surface area contributed by atoms with E-state index < -0.39 is 0 Å². The first-order valence-corrected chi connectivity index (χ1v) is 9.79. The second-order valence-corrected chi connectivity index (χ2v) is 8.44. The molecule has 4 nitrogen and oxygen atoms in total. The van der Waals surface area contributed by atoms with Crippen LogP contribution >= 0.6 is 0 Å². The Kier molecular flexibility index (Phi) is 8.79. The molecule has 4 heteroatoms. The molecule has 0 radical (unpaired) electrons. The largest absolute Gasteiger partial charge is 0.342 e. The average molecular weight is 339 g/mol. The van der Waals surface area contributed by atoms with E-state index in [1.165, 1.54) is 0 Å². The minimum atomic E-state index is 0.0471. The SMILES string of the molecule is CC(C)CCN(CCC(C)C)C(=O)C1CCN(C(=O)C(C)C)CC1. The van der Waals surface area contributed by atoms with E-state index in [1.54, 1.807) is 0 Å². The number of hydrogen-bond donors (Lipinski definition) is 0. The van der Waals surface area contributed by atoms with Gasteiger partial charge < -0.3 is 9.80 Å². The number of amides is 2. The molecule has 0 aromatic carbocycles. The monoisotopic (exact) mass is 338 g/mol. The van der Waals surface area contributed by atoms with E-state index in [-0.39, 0.29) is 17.7 Å². The van der Waals surface area contributed by atoms with Crippen molar-refractivity contribution in [3.8, 4) is 0 Å². The van der Waals surface area contributed by atoms with E-state index in [0.717, 1.165) is 51.9 Å². The van der Waals surface area contributed by atoms with Gasteiger partial charge in [0.15, 0.2) is 0 Å². The molecule has 24 heavy (non-hydrogen) atoms. The fourth-order valence-corrected chi connectivity index (χ4v) is 3.13. The predicted octanol–water partition coefficient (Wildman–Crippen LogP) is 3.80. The van der Waals surface area contributed by atoms with Gasteiger partial charge in [0.25, 0.3) is 0 Å². The van der Waals surface area contributed by atoms with Crippen molar-refractivity contribution in [1.29, 1.82) is 0 Å². The topological polar surface area (TPSA) is 40.6 Å². The highest BCUT2D eigenvalue weighted by Crippen LogP contribution is 2.22. The molecule has 1 fully saturated rings. The van der Waals surface area contributed by atoms with Crippen LogP contribution in [0.1, 0.15) is 67.2 Å². The summed E-state index contributed by atoms with van der Waals surface area (Å²) < 4.78 is 0. The van der Waals surface area contributed by atoms with Crippen molar-refractivity contribution in [2.24, 2.45) is 23.7 Å². The highest BCUT2D eigenvalue weighted by molar-refractivity contribution is 5.80. The summed E-state index contributed by atoms with van der Waals surface area (Å²) in [5, 5.41) is 0. The zero-order valence-corrected chi connectivity index (χ0v) is 16.7. The Morgan fingerprint density at radius 3 is 1.75 bits per heavy atom. The van der Waals surface area contributed by atoms with Crippen LogP contribution in [-0.4, -0.2) is 47.8 Å². The molecule has 0 unspecified atom stereocenters. The van der Waals surface area contributed by atoms with Gasteiger partial charge in [-0.3, -0.25) is 9.59 Å². The summed E-state index contributed by atoms with van der Waals surface area (Å²) in [7, 11) is 0. The molecule has 0 aromatic heterocycles. The van der Waals surface area contributed by atoms with E-state index in [1.807, 2.05) is 18.7 Å². The van der Waals surface area contributed by atoms with Crippen molar-refractivity contribution in [3.63, 3.8) is 0 Å². The van der Waals surface area contributed by atoms with Crippen molar-refractivity contribution in [1.82, 2.24) is 9.80 Å². The molecule has 0 aromatic rings. The fraction of sp³-hybridized carbons (Fsp3) is 0.900. The standard InChI is InChI=1S/C20H38N2O2/c1-15(2)7-11-22(12-8-16(3)4)20(24)18-9-13-21(14-10-18)19(23)17(5)6/h15-18H,7-14H2,1-6H3. The maximum Gasteiger partial charge on any atom is 0.225 e. The van der Waals surface area contributed by atoms with Crippen LogP contribution in [0.25, 0.3) is 0 Å². The molecule has 2 amide bonds. The summed E-state index contributed by atoms with van der Waals surface area (Å²) in [4.78, 5) is 29.1. The van der Waals surface area contributed by atoms with Crippen molar-refractivity contribution >= 4 is 11.8 Å². The maximum absolute atomic E-state index is 13.0. The third kappa shape index (κ3) is 6.82. The van der Waals surface area contributed by atoms with Gasteiger partial charge in [-0.15, -0.1) is 0 Å². The summed E-state index contributed by atoms with van der Waals surface area (Å²) in [6.45, 7) is 15.9. The number of carbonyl (C=O) groups is 2. The molecule has 0 atom stereocenters. The number of nitrogens with zero attached hydrogens (tertiary/aromatic N) is 2. The molecule has 0 spiro atoms. The van der Waals surface area contributed by atoms with Crippen LogP contribution in [0, 0.1) is 23.7 Å². The van der Waals surface area contributed by atoms with Crippen molar-refractivity contribution in [2.45, 2.75) is 67.2 Å². The normalized spacial score (nSPS) is 16.3. The molecule has 0 aliphatic carbocycles. The van der Waals surface area contributed by atoms with E-state index >= 15 is 0 Å². The molecule has 1 aliphatic heterocycles. The van der Waals surface area contributed by atoms with Gasteiger partial charge in [0.1, 0.15) is 0 Å². The molecule has 1 saturated heterocycles. The second-order valence-electron chi connectivity index (χ2n) is 8.44. The van der Waals surface area contributed by atoms with Crippen LogP contribution in [0.15, 0.2) is 0 Å². The lowest BCUT2D eigenvalue weighted by atomic mass is 9.94. The average Bonchev–Trinajstić information content (AvgIpc) is 2.53. The lowest BCUT2D eigenvalue weighted by Crippen LogP contribution is -2.46. The summed E-state index contributed by atoms with van der Waals surface area (Å²) in [6.07, 6.45) is 3.76. The first-order chi connectivity index (χ1) is 11.2. The minimum absolute atomic E-state index is 0.0471. The molecule has 0 saturated carbocycles. The summed E-state index contributed by atoms with van der Waals surface area (Å²) >= 11 is 0. The van der Waals surface area contributed by atoms with Crippen LogP contribution in [0.3, 0.4) is 0 Å². The Bertz CT molecular complexity index is 384. The smallest absolute Gasteiger partial charge is 0.225 e. The van der Waals surface area contributed by atoms with Crippen LogP contribution in [0.2, 0.25) is 0 Å². The minimum Gasteiger partial charge on any atom is -0.342 e. The van der Waals surface area contributed by atoms with Gasteiger partial charge in [0.2, 0.25) is 11.8 Å². The highest BCUT2D eigenvalue weighted by Gasteiger charge is 2.30. The van der Waals surface area contributed by atoms with Crippen molar-refractivity contribution < 1.29 is 9.59 Å². The van der Waals surface area contributed by atoms with E-state index in [0.29, 0.717) is 17.7 Å². The molecule has 1 rings (SSSR count). The predicted molar refractivity (Wildman–Crippen MR) is 99.6 cm³/mol. The summed E-state index contributed by atoms with van der Waals surface area (Å²) in [5.74, 6) is 1.91. The molecule has 0 bridgehead atoms. The maximum atomic E-state index is 13.0. The van der Waals surface area contributed by atoms with Gasteiger partial charge in [-0.05, 0) is 37.5 Å². The van der Waals surface area contributed by atoms with Gasteiger partial charge in [-0.25, -0.2) is 0 Å². The van der Waals surface area contributed by atoms with Gasteiger partial charge in [0, 0.05) is 38.0 Å². The first-order valence-electron chi connectivity index (χ1n) is 9.79. The second kappa shape index (κ2) is 10.0. The molecular weight excluding hydrogens is 300 g/mol. The lowest BCUT2D eigenvalue weighted by Gasteiger charge is -2.35. The third-order valence-electron chi connectivity index (χ3n) is 4.91. The molecular formula is C20H38N2O2. The Morgan fingerprint density at radius 2 is 1.38 bits per heavy atom. The molecule has 0 N–H and O–H groups in total. The summed E-state index contributed by atoms with van der Waals surface area (Å²) in [6, 6.07) is 0. The quantitative estimate of drug-likeness (QED) is 0.675. The highest BCUT2D eigenvalue weighted by atomic mass is 16.2. The van der Waals surface area contributed by atoms with E-state index in [2.05, 4.69) is 32.6 Å². The number of piperidine rings is 1. The van der Waals surface area contributed by atoms with Gasteiger partial charge in [-0.1, -0.05) is 41.5 Å². The van der Waals surface area contributed by atoms with Crippen LogP contribution in [-0.2, 0) is 9.59 Å². The van der Waals surface area contributed by atoms with Gasteiger partial charge in [-0.2, -0.15) is 0 Å². The third-order valence-corrected chi connectivity index (χ3v) is 4.91. The Labute approximate surface area is 149 Å².